The molecular weight excluding hydrogens is 360 g/mol. The Bertz CT molecular complexity index is 1040. The van der Waals surface area contributed by atoms with Crippen LogP contribution in [0.4, 0.5) is 0 Å². The molecule has 140 valence electrons. The van der Waals surface area contributed by atoms with Crippen molar-refractivity contribution in [3.05, 3.63) is 96.1 Å². The highest BCUT2D eigenvalue weighted by Gasteiger charge is 2.14. The van der Waals surface area contributed by atoms with Gasteiger partial charge in [0.2, 0.25) is 0 Å². The van der Waals surface area contributed by atoms with Crippen LogP contribution in [0, 0.1) is 0 Å². The molecule has 0 spiro atoms. The minimum Gasteiger partial charge on any atom is -0.356 e. The molecule has 0 amide bonds. The average molecular weight is 385 g/mol. The Morgan fingerprint density at radius 2 is 1.00 bits per heavy atom. The second kappa shape index (κ2) is 7.99. The molecular formula is C25H24N2S. The van der Waals surface area contributed by atoms with Crippen molar-refractivity contribution in [3.8, 4) is 0 Å². The molecule has 4 aromatic carbocycles. The van der Waals surface area contributed by atoms with Gasteiger partial charge in [-0.3, -0.25) is 0 Å². The van der Waals surface area contributed by atoms with Gasteiger partial charge in [0.25, 0.3) is 0 Å². The van der Waals surface area contributed by atoms with Gasteiger partial charge in [0.15, 0.2) is 5.11 Å². The van der Waals surface area contributed by atoms with Crippen LogP contribution in [0.3, 0.4) is 0 Å². The Morgan fingerprint density at radius 1 is 0.607 bits per heavy atom. The van der Waals surface area contributed by atoms with Gasteiger partial charge in [0, 0.05) is 0 Å². The fourth-order valence-corrected chi connectivity index (χ4v) is 4.20. The summed E-state index contributed by atoms with van der Waals surface area (Å²) in [5.74, 6) is 0. The zero-order valence-corrected chi connectivity index (χ0v) is 17.0. The highest BCUT2D eigenvalue weighted by atomic mass is 32.1. The summed E-state index contributed by atoms with van der Waals surface area (Å²) in [4.78, 5) is 0. The van der Waals surface area contributed by atoms with E-state index >= 15 is 0 Å². The lowest BCUT2D eigenvalue weighted by Crippen LogP contribution is -2.38. The Hall–Kier alpha value is -2.91. The first-order chi connectivity index (χ1) is 13.6. The van der Waals surface area contributed by atoms with E-state index in [9.17, 15) is 0 Å². The molecule has 0 aromatic heterocycles. The highest BCUT2D eigenvalue weighted by Crippen LogP contribution is 2.25. The molecule has 0 aliphatic carbocycles. The summed E-state index contributed by atoms with van der Waals surface area (Å²) in [6.45, 7) is 4.30. The maximum Gasteiger partial charge on any atom is 0.167 e. The Labute approximate surface area is 171 Å². The Kier molecular flexibility index (Phi) is 5.27. The first-order valence-electron chi connectivity index (χ1n) is 9.66. The molecule has 3 heteroatoms. The van der Waals surface area contributed by atoms with Crippen LogP contribution < -0.4 is 10.6 Å². The van der Waals surface area contributed by atoms with Gasteiger partial charge in [0.1, 0.15) is 0 Å². The largest absolute Gasteiger partial charge is 0.356 e. The van der Waals surface area contributed by atoms with Crippen molar-refractivity contribution in [2.45, 2.75) is 25.9 Å². The van der Waals surface area contributed by atoms with Gasteiger partial charge in [-0.1, -0.05) is 84.9 Å². The predicted molar refractivity (Wildman–Crippen MR) is 124 cm³/mol. The van der Waals surface area contributed by atoms with Crippen LogP contribution in [0.1, 0.15) is 37.1 Å². The van der Waals surface area contributed by atoms with E-state index in [0.29, 0.717) is 5.11 Å². The zero-order valence-electron chi connectivity index (χ0n) is 16.1. The average Bonchev–Trinajstić information content (AvgIpc) is 2.72. The molecule has 2 atom stereocenters. The van der Waals surface area contributed by atoms with Gasteiger partial charge < -0.3 is 10.6 Å². The maximum absolute atomic E-state index is 5.63. The van der Waals surface area contributed by atoms with Crippen LogP contribution in [0.25, 0.3) is 21.5 Å². The predicted octanol–water partition coefficient (Wildman–Crippen LogP) is 6.28. The van der Waals surface area contributed by atoms with E-state index < -0.39 is 0 Å². The van der Waals surface area contributed by atoms with Crippen LogP contribution in [0.15, 0.2) is 84.9 Å². The van der Waals surface area contributed by atoms with Gasteiger partial charge in [0.05, 0.1) is 12.1 Å². The number of nitrogens with one attached hydrogen (secondary N) is 2. The van der Waals surface area contributed by atoms with E-state index in [0.717, 1.165) is 0 Å². The smallest absolute Gasteiger partial charge is 0.167 e. The van der Waals surface area contributed by atoms with Crippen molar-refractivity contribution in [2.75, 3.05) is 0 Å². The van der Waals surface area contributed by atoms with Crippen LogP contribution in [-0.2, 0) is 0 Å². The van der Waals surface area contributed by atoms with Crippen molar-refractivity contribution in [1.82, 2.24) is 10.6 Å². The van der Waals surface area contributed by atoms with Crippen molar-refractivity contribution in [3.63, 3.8) is 0 Å². The fraction of sp³-hybridized carbons (Fsp3) is 0.160. The lowest BCUT2D eigenvalue weighted by molar-refractivity contribution is 0.661. The van der Waals surface area contributed by atoms with Crippen LogP contribution in [0.2, 0.25) is 0 Å². The van der Waals surface area contributed by atoms with E-state index in [1.807, 2.05) is 0 Å². The molecule has 0 saturated carbocycles. The van der Waals surface area contributed by atoms with Crippen LogP contribution in [0.5, 0.6) is 0 Å². The summed E-state index contributed by atoms with van der Waals surface area (Å²) in [6, 6.07) is 30.0. The molecule has 0 saturated heterocycles. The van der Waals surface area contributed by atoms with Crippen molar-refractivity contribution in [1.29, 1.82) is 0 Å². The highest BCUT2D eigenvalue weighted by molar-refractivity contribution is 7.80. The molecule has 28 heavy (non-hydrogen) atoms. The van der Waals surface area contributed by atoms with Gasteiger partial charge in [-0.15, -0.1) is 0 Å². The third-order valence-electron chi connectivity index (χ3n) is 5.27. The zero-order chi connectivity index (χ0) is 19.5. The topological polar surface area (TPSA) is 24.1 Å². The third kappa shape index (κ3) is 3.71. The summed E-state index contributed by atoms with van der Waals surface area (Å²) in [7, 11) is 0. The van der Waals surface area contributed by atoms with Crippen molar-refractivity contribution < 1.29 is 0 Å². The van der Waals surface area contributed by atoms with E-state index in [1.54, 1.807) is 0 Å². The minimum atomic E-state index is 0.116. The second-order valence-corrected chi connectivity index (χ2v) is 7.61. The fourth-order valence-electron chi connectivity index (χ4n) is 3.85. The molecule has 0 fully saturated rings. The van der Waals surface area contributed by atoms with Gasteiger partial charge in [-0.2, -0.15) is 0 Å². The summed E-state index contributed by atoms with van der Waals surface area (Å²) in [6.07, 6.45) is 0. The van der Waals surface area contributed by atoms with Crippen LogP contribution in [-0.4, -0.2) is 5.11 Å². The number of rotatable bonds is 4. The summed E-state index contributed by atoms with van der Waals surface area (Å²) in [5.41, 5.74) is 2.50. The molecule has 4 rings (SSSR count). The Balaban J connectivity index is 1.50. The molecule has 0 aliphatic rings. The molecule has 2 nitrogen and oxygen atoms in total. The normalized spacial score (nSPS) is 13.2. The summed E-state index contributed by atoms with van der Waals surface area (Å²) in [5, 5.41) is 12.6. The standard InChI is InChI=1S/C25H24N2S/c1-17(21-15-7-11-19-9-3-5-13-23(19)21)26-25(28)27-18(2)22-16-8-12-20-10-4-6-14-24(20)22/h3-18H,1-2H3,(H2,26,27,28)/t17-,18-/m0/s1. The molecule has 4 aromatic rings. The van der Waals surface area contributed by atoms with E-state index in [4.69, 9.17) is 12.2 Å². The van der Waals surface area contributed by atoms with Crippen molar-refractivity contribution in [2.24, 2.45) is 0 Å². The van der Waals surface area contributed by atoms with Crippen molar-refractivity contribution >= 4 is 38.9 Å². The summed E-state index contributed by atoms with van der Waals surface area (Å²) >= 11 is 5.63. The number of fused-ring (bicyclic) bond motifs is 2. The van der Waals surface area contributed by atoms with E-state index in [-0.39, 0.29) is 12.1 Å². The number of benzene rings is 4. The van der Waals surface area contributed by atoms with Gasteiger partial charge in [-0.25, -0.2) is 0 Å². The summed E-state index contributed by atoms with van der Waals surface area (Å²) < 4.78 is 0. The molecule has 0 heterocycles. The lowest BCUT2D eigenvalue weighted by atomic mass is 9.99. The minimum absolute atomic E-state index is 0.116. The van der Waals surface area contributed by atoms with Crippen LogP contribution >= 0.6 is 12.2 Å². The van der Waals surface area contributed by atoms with Gasteiger partial charge >= 0.3 is 0 Å². The molecule has 0 radical (unpaired) electrons. The van der Waals surface area contributed by atoms with Gasteiger partial charge in [-0.05, 0) is 58.7 Å². The monoisotopic (exact) mass is 384 g/mol. The first-order valence-corrected chi connectivity index (χ1v) is 10.1. The van der Waals surface area contributed by atoms with E-state index in [1.165, 1.54) is 32.7 Å². The molecule has 0 unspecified atom stereocenters. The number of hydrogen-bond donors (Lipinski definition) is 2. The van der Waals surface area contributed by atoms with E-state index in [2.05, 4.69) is 109 Å². The maximum atomic E-state index is 5.63. The number of thiocarbonyl (C=S) groups is 1. The molecule has 0 aliphatic heterocycles. The molecule has 2 N–H and O–H groups in total. The Morgan fingerprint density at radius 3 is 1.46 bits per heavy atom. The third-order valence-corrected chi connectivity index (χ3v) is 5.51. The lowest BCUT2D eigenvalue weighted by Gasteiger charge is -2.23. The molecule has 0 bridgehead atoms. The SMILES string of the molecule is C[C@H](NC(=S)N[C@@H](C)c1cccc2ccccc12)c1cccc2ccccc12. The second-order valence-electron chi connectivity index (χ2n) is 7.20. The number of hydrogen-bond acceptors (Lipinski definition) is 1. The quantitative estimate of drug-likeness (QED) is 0.405. The first kappa shape index (κ1) is 18.5.